The molecular formula is C9H8N2O2. The van der Waals surface area contributed by atoms with E-state index in [1.54, 1.807) is 0 Å². The molecule has 0 aromatic carbocycles. The van der Waals surface area contributed by atoms with Gasteiger partial charge < -0.3 is 4.42 Å². The van der Waals surface area contributed by atoms with Crippen molar-refractivity contribution >= 4 is 0 Å². The molecule has 0 aromatic heterocycles. The number of H-pyrrole nitrogens is 1. The Morgan fingerprint density at radius 1 is 1.38 bits per heavy atom. The fourth-order valence-corrected chi connectivity index (χ4v) is 2.06. The van der Waals surface area contributed by atoms with Crippen molar-refractivity contribution in [3.8, 4) is 0 Å². The van der Waals surface area contributed by atoms with Crippen LogP contribution in [0, 0.1) is 10.8 Å². The van der Waals surface area contributed by atoms with Crippen molar-refractivity contribution in [1.82, 2.24) is 10.2 Å². The van der Waals surface area contributed by atoms with Crippen LogP contribution in [-0.4, -0.2) is 10.2 Å². The number of nitrogens with zero attached hydrogens (tertiary/aromatic N) is 1. The lowest BCUT2D eigenvalue weighted by Gasteiger charge is -1.87. The van der Waals surface area contributed by atoms with Gasteiger partial charge in [0.1, 0.15) is 5.35 Å². The normalized spacial score (nSPS) is 15.1. The molecule has 1 aliphatic heterocycles. The van der Waals surface area contributed by atoms with Crippen LogP contribution in [0.1, 0.15) is 17.5 Å². The van der Waals surface area contributed by atoms with E-state index in [9.17, 15) is 4.79 Å². The summed E-state index contributed by atoms with van der Waals surface area (Å²) in [6, 6.07) is 0. The second kappa shape index (κ2) is 2.22. The number of fused-ring (bicyclic) bond motifs is 2. The van der Waals surface area contributed by atoms with Gasteiger partial charge in [-0.25, -0.2) is 0 Å². The van der Waals surface area contributed by atoms with Crippen molar-refractivity contribution in [2.75, 3.05) is 0 Å². The zero-order chi connectivity index (χ0) is 8.84. The lowest BCUT2D eigenvalue weighted by Crippen LogP contribution is -2.02. The lowest BCUT2D eigenvalue weighted by molar-refractivity contribution is 0.476. The molecule has 1 heterocycles. The first-order valence-electron chi connectivity index (χ1n) is 4.33. The van der Waals surface area contributed by atoms with E-state index in [0.717, 1.165) is 35.7 Å². The second-order valence-corrected chi connectivity index (χ2v) is 3.31. The van der Waals surface area contributed by atoms with Gasteiger partial charge in [0.2, 0.25) is 10.8 Å². The van der Waals surface area contributed by atoms with Crippen molar-refractivity contribution in [2.24, 2.45) is 0 Å². The van der Waals surface area contributed by atoms with Crippen LogP contribution in [0.2, 0.25) is 0 Å². The molecule has 0 saturated heterocycles. The molecule has 0 amide bonds. The maximum atomic E-state index is 11.7. The van der Waals surface area contributed by atoms with Crippen LogP contribution in [0.4, 0.5) is 0 Å². The summed E-state index contributed by atoms with van der Waals surface area (Å²) in [6.07, 6.45) is 4.18. The Balaban J connectivity index is 2.63. The molecule has 0 bridgehead atoms. The third-order valence-corrected chi connectivity index (χ3v) is 2.63. The van der Waals surface area contributed by atoms with Gasteiger partial charge in [0, 0.05) is 5.56 Å². The molecule has 0 saturated carbocycles. The highest BCUT2D eigenvalue weighted by atomic mass is 16.3. The van der Waals surface area contributed by atoms with Crippen LogP contribution in [0.25, 0.3) is 0 Å². The molecule has 0 atom stereocenters. The van der Waals surface area contributed by atoms with Gasteiger partial charge in [0.05, 0.1) is 0 Å². The molecule has 3 aliphatic rings. The summed E-state index contributed by atoms with van der Waals surface area (Å²) in [5.41, 5.74) is 2.50. The average Bonchev–Trinajstić information content (AvgIpc) is 2.72. The molecule has 66 valence electrons. The quantitative estimate of drug-likeness (QED) is 0.638. The zero-order valence-corrected chi connectivity index (χ0v) is 6.96. The average molecular weight is 176 g/mol. The summed E-state index contributed by atoms with van der Waals surface area (Å²) < 4.78 is 5.08. The number of rotatable bonds is 0. The van der Waals surface area contributed by atoms with E-state index < -0.39 is 0 Å². The maximum Gasteiger partial charge on any atom is 0.226 e. The van der Waals surface area contributed by atoms with Gasteiger partial charge in [-0.15, -0.1) is 5.10 Å². The summed E-state index contributed by atoms with van der Waals surface area (Å²) in [7, 11) is 0. The molecule has 0 unspecified atom stereocenters. The van der Waals surface area contributed by atoms with Crippen LogP contribution in [-0.2, 0) is 12.8 Å². The van der Waals surface area contributed by atoms with Crippen LogP contribution in [0.15, 0.2) is 15.6 Å². The minimum atomic E-state index is 0.0427. The van der Waals surface area contributed by atoms with Gasteiger partial charge in [-0.1, -0.05) is 0 Å². The van der Waals surface area contributed by atoms with Gasteiger partial charge in [-0.3, -0.25) is 9.89 Å². The fourth-order valence-electron chi connectivity index (χ4n) is 2.06. The van der Waals surface area contributed by atoms with Gasteiger partial charge in [-0.05, 0) is 24.8 Å². The Morgan fingerprint density at radius 3 is 3.15 bits per heavy atom. The summed E-state index contributed by atoms with van der Waals surface area (Å²) in [6.45, 7) is 0. The molecule has 3 rings (SSSR count). The molecular weight excluding hydrogens is 168 g/mol. The van der Waals surface area contributed by atoms with Gasteiger partial charge >= 0.3 is 0 Å². The fraction of sp³-hybridized carbons (Fsp3) is 0.333. The predicted molar refractivity (Wildman–Crippen MR) is 44.4 cm³/mol. The van der Waals surface area contributed by atoms with Crippen LogP contribution in [0.5, 0.6) is 0 Å². The van der Waals surface area contributed by atoms with Crippen LogP contribution >= 0.6 is 0 Å². The van der Waals surface area contributed by atoms with E-state index in [2.05, 4.69) is 10.2 Å². The number of hydrogen-bond acceptors (Lipinski definition) is 3. The Bertz CT molecular complexity index is 566. The molecule has 1 N–H and O–H groups in total. The van der Waals surface area contributed by atoms with E-state index in [4.69, 9.17) is 4.42 Å². The molecule has 4 nitrogen and oxygen atoms in total. The van der Waals surface area contributed by atoms with Gasteiger partial charge in [0.25, 0.3) is 0 Å². The predicted octanol–water partition coefficient (Wildman–Crippen LogP) is 0.576. The molecule has 0 radical (unpaired) electrons. The lowest BCUT2D eigenvalue weighted by atomic mass is 10.2. The van der Waals surface area contributed by atoms with Crippen molar-refractivity contribution in [3.63, 3.8) is 0 Å². The monoisotopic (exact) mass is 176 g/mol. The van der Waals surface area contributed by atoms with E-state index in [0.29, 0.717) is 5.42 Å². The SMILES string of the molecule is O=c1c2c(c3[nH]ncoc1=3)CCC2. The van der Waals surface area contributed by atoms with Crippen LogP contribution < -0.4 is 5.43 Å². The van der Waals surface area contributed by atoms with Crippen LogP contribution in [0.3, 0.4) is 0 Å². The number of hydrogen-bond donors (Lipinski definition) is 1. The maximum absolute atomic E-state index is 11.7. The smallest absolute Gasteiger partial charge is 0.226 e. The Hall–Kier alpha value is -1.58. The summed E-state index contributed by atoms with van der Waals surface area (Å²) in [5.74, 6) is 0. The number of nitrogens with one attached hydrogen (secondary N) is 1. The van der Waals surface area contributed by atoms with Gasteiger partial charge in [-0.2, -0.15) is 0 Å². The van der Waals surface area contributed by atoms with Crippen molar-refractivity contribution in [3.05, 3.63) is 38.5 Å². The topological polar surface area (TPSA) is 58.9 Å². The summed E-state index contributed by atoms with van der Waals surface area (Å²) in [5, 5.41) is 7.39. The minimum Gasteiger partial charge on any atom is -0.438 e. The first-order chi connectivity index (χ1) is 6.38. The largest absolute Gasteiger partial charge is 0.438 e. The molecule has 0 spiro atoms. The minimum absolute atomic E-state index is 0.0427. The highest BCUT2D eigenvalue weighted by Gasteiger charge is 2.20. The van der Waals surface area contributed by atoms with E-state index in [-0.39, 0.29) is 5.43 Å². The molecule has 13 heavy (non-hydrogen) atoms. The molecule has 4 heteroatoms. The molecule has 0 aromatic rings. The first-order valence-corrected chi connectivity index (χ1v) is 4.33. The third kappa shape index (κ3) is 0.748. The number of aromatic amines is 1. The van der Waals surface area contributed by atoms with E-state index >= 15 is 0 Å². The van der Waals surface area contributed by atoms with Gasteiger partial charge in [0.15, 0.2) is 6.39 Å². The Morgan fingerprint density at radius 2 is 2.23 bits per heavy atom. The second-order valence-electron chi connectivity index (χ2n) is 3.31. The Kier molecular flexibility index (Phi) is 1.17. The summed E-state index contributed by atoms with van der Waals surface area (Å²) in [4.78, 5) is 11.7. The first kappa shape index (κ1) is 6.88. The van der Waals surface area contributed by atoms with E-state index in [1.807, 2.05) is 0 Å². The summed E-state index contributed by atoms with van der Waals surface area (Å²) >= 11 is 0. The van der Waals surface area contributed by atoms with Crippen molar-refractivity contribution in [1.29, 1.82) is 0 Å². The highest BCUT2D eigenvalue weighted by molar-refractivity contribution is 5.32. The zero-order valence-electron chi connectivity index (χ0n) is 6.96. The van der Waals surface area contributed by atoms with Crippen molar-refractivity contribution in [2.45, 2.75) is 19.3 Å². The highest BCUT2D eigenvalue weighted by Crippen LogP contribution is 2.20. The Labute approximate surface area is 73.2 Å². The number of aromatic nitrogens is 2. The van der Waals surface area contributed by atoms with Crippen molar-refractivity contribution < 1.29 is 4.42 Å². The van der Waals surface area contributed by atoms with E-state index in [1.165, 1.54) is 6.39 Å². The molecule has 0 fully saturated rings. The molecule has 2 aliphatic carbocycles. The standard InChI is InChI=1S/C9H8N2O2/c12-8-6-3-1-2-5(6)7-9(8)13-4-10-11-7/h4,11H,1-3H2. The third-order valence-electron chi connectivity index (χ3n) is 2.63.